The Balaban J connectivity index is 1.15. The lowest BCUT2D eigenvalue weighted by molar-refractivity contribution is 0.670. The third kappa shape index (κ3) is 2.77. The Morgan fingerprint density at radius 3 is 2.23 bits per heavy atom. The van der Waals surface area contributed by atoms with E-state index in [4.69, 9.17) is 4.42 Å². The summed E-state index contributed by atoms with van der Waals surface area (Å²) in [6, 6.07) is 40.0. The minimum absolute atomic E-state index is 0.560. The molecule has 0 fully saturated rings. The largest absolute Gasteiger partial charge is 0.455 e. The first-order valence-electron chi connectivity index (χ1n) is 12.3. The first-order valence-corrected chi connectivity index (χ1v) is 12.3. The summed E-state index contributed by atoms with van der Waals surface area (Å²) in [6.45, 7) is 0. The van der Waals surface area contributed by atoms with Gasteiger partial charge in [0.05, 0.1) is 0 Å². The molecule has 0 saturated carbocycles. The van der Waals surface area contributed by atoms with Gasteiger partial charge in [-0.3, -0.25) is 0 Å². The maximum absolute atomic E-state index is 6.26. The second-order valence-corrected chi connectivity index (χ2v) is 9.76. The van der Waals surface area contributed by atoms with Gasteiger partial charge in [-0.2, -0.15) is 0 Å². The Labute approximate surface area is 204 Å². The molecule has 2 aliphatic heterocycles. The summed E-state index contributed by atoms with van der Waals surface area (Å²) in [7, 11) is 0. The van der Waals surface area contributed by atoms with E-state index >= 15 is 0 Å². The quantitative estimate of drug-likeness (QED) is 0.263. The van der Waals surface area contributed by atoms with Crippen molar-refractivity contribution in [3.05, 3.63) is 120 Å². The van der Waals surface area contributed by atoms with Crippen LogP contribution in [0.5, 0.6) is 0 Å². The highest BCUT2D eigenvalue weighted by atomic mass is 16.3. The Morgan fingerprint density at radius 1 is 0.571 bits per heavy atom. The van der Waals surface area contributed by atoms with Crippen LogP contribution in [0.3, 0.4) is 0 Å². The van der Waals surface area contributed by atoms with E-state index in [0.29, 0.717) is 6.04 Å². The molecule has 2 aliphatic rings. The van der Waals surface area contributed by atoms with E-state index in [1.165, 1.54) is 50.0 Å². The van der Waals surface area contributed by atoms with Crippen molar-refractivity contribution >= 4 is 33.3 Å². The molecule has 35 heavy (non-hydrogen) atoms. The van der Waals surface area contributed by atoms with E-state index in [1.54, 1.807) is 0 Å². The SMILES string of the molecule is c1ccc2c(c1)CC1Cc3cc(-c4ccc(-c5cccc6c5oc5ccccc56)cc4)ccc3N21. The smallest absolute Gasteiger partial charge is 0.143 e. The predicted octanol–water partition coefficient (Wildman–Crippen LogP) is 8.54. The molecule has 1 atom stereocenters. The predicted molar refractivity (Wildman–Crippen MR) is 144 cm³/mol. The monoisotopic (exact) mass is 449 g/mol. The van der Waals surface area contributed by atoms with E-state index in [1.807, 2.05) is 12.1 Å². The van der Waals surface area contributed by atoms with Crippen LogP contribution in [0.15, 0.2) is 114 Å². The van der Waals surface area contributed by atoms with Crippen molar-refractivity contribution in [3.63, 3.8) is 0 Å². The standard InChI is InChI=1S/C33H23NO/c1-3-10-30-24(6-1)19-26-20-25-18-23(16-17-31(25)34(26)30)21-12-14-22(15-13-21)27-8-5-9-29-28-7-2-4-11-32(28)35-33(27)29/h1-18,26H,19-20H2. The van der Waals surface area contributed by atoms with Crippen LogP contribution in [0.4, 0.5) is 11.4 Å². The van der Waals surface area contributed by atoms with Crippen molar-refractivity contribution in [2.45, 2.75) is 18.9 Å². The molecule has 0 N–H and O–H groups in total. The highest BCUT2D eigenvalue weighted by Gasteiger charge is 2.36. The maximum Gasteiger partial charge on any atom is 0.143 e. The Morgan fingerprint density at radius 2 is 1.29 bits per heavy atom. The normalized spacial score (nSPS) is 16.0. The van der Waals surface area contributed by atoms with Crippen LogP contribution in [0.25, 0.3) is 44.2 Å². The molecule has 6 aromatic rings. The van der Waals surface area contributed by atoms with Crippen molar-refractivity contribution in [2.24, 2.45) is 0 Å². The number of fused-ring (bicyclic) bond motifs is 8. The van der Waals surface area contributed by atoms with Gasteiger partial charge in [0.25, 0.3) is 0 Å². The first-order chi connectivity index (χ1) is 17.3. The molecule has 0 aliphatic carbocycles. The van der Waals surface area contributed by atoms with Crippen molar-refractivity contribution in [1.82, 2.24) is 0 Å². The van der Waals surface area contributed by atoms with Gasteiger partial charge in [-0.1, -0.05) is 84.9 Å². The van der Waals surface area contributed by atoms with Crippen molar-refractivity contribution < 1.29 is 4.42 Å². The molecular weight excluding hydrogens is 426 g/mol. The molecule has 2 heteroatoms. The lowest BCUT2D eigenvalue weighted by atomic mass is 9.96. The zero-order valence-electron chi connectivity index (χ0n) is 19.2. The van der Waals surface area contributed by atoms with Gasteiger partial charge in [-0.15, -0.1) is 0 Å². The number of nitrogens with zero attached hydrogens (tertiary/aromatic N) is 1. The van der Waals surface area contributed by atoms with Crippen LogP contribution in [0.1, 0.15) is 11.1 Å². The van der Waals surface area contributed by atoms with Crippen LogP contribution in [0, 0.1) is 0 Å². The van der Waals surface area contributed by atoms with E-state index < -0.39 is 0 Å². The molecule has 1 aromatic heterocycles. The van der Waals surface area contributed by atoms with Crippen molar-refractivity contribution in [3.8, 4) is 22.3 Å². The summed E-state index contributed by atoms with van der Waals surface area (Å²) >= 11 is 0. The van der Waals surface area contributed by atoms with Crippen molar-refractivity contribution in [2.75, 3.05) is 4.90 Å². The summed E-state index contributed by atoms with van der Waals surface area (Å²) in [4.78, 5) is 2.55. The van der Waals surface area contributed by atoms with Gasteiger partial charge in [0.15, 0.2) is 0 Å². The molecule has 5 aromatic carbocycles. The minimum Gasteiger partial charge on any atom is -0.455 e. The average molecular weight is 450 g/mol. The fourth-order valence-corrected chi connectivity index (χ4v) is 6.18. The number of rotatable bonds is 2. The molecule has 2 nitrogen and oxygen atoms in total. The van der Waals surface area contributed by atoms with Gasteiger partial charge >= 0.3 is 0 Å². The van der Waals surface area contributed by atoms with Gasteiger partial charge in [0.1, 0.15) is 11.2 Å². The molecule has 0 saturated heterocycles. The van der Waals surface area contributed by atoms with Gasteiger partial charge in [0, 0.05) is 33.8 Å². The fourth-order valence-electron chi connectivity index (χ4n) is 6.18. The third-order valence-corrected chi connectivity index (χ3v) is 7.80. The molecule has 0 spiro atoms. The first kappa shape index (κ1) is 19.1. The molecule has 1 unspecified atom stereocenters. The van der Waals surface area contributed by atoms with E-state index in [0.717, 1.165) is 29.6 Å². The maximum atomic E-state index is 6.26. The molecule has 0 bridgehead atoms. The average Bonchev–Trinajstić information content (AvgIpc) is 3.57. The van der Waals surface area contributed by atoms with Crippen LogP contribution in [0.2, 0.25) is 0 Å². The molecule has 8 rings (SSSR count). The summed E-state index contributed by atoms with van der Waals surface area (Å²) < 4.78 is 6.26. The summed E-state index contributed by atoms with van der Waals surface area (Å²) in [5.74, 6) is 0. The molecule has 0 radical (unpaired) electrons. The van der Waals surface area contributed by atoms with Crippen LogP contribution >= 0.6 is 0 Å². The van der Waals surface area contributed by atoms with E-state index in [-0.39, 0.29) is 0 Å². The zero-order chi connectivity index (χ0) is 22.9. The van der Waals surface area contributed by atoms with Gasteiger partial charge in [-0.25, -0.2) is 0 Å². The van der Waals surface area contributed by atoms with Gasteiger partial charge in [0.2, 0.25) is 0 Å². The number of para-hydroxylation sites is 3. The summed E-state index contributed by atoms with van der Waals surface area (Å²) in [6.07, 6.45) is 2.26. The Bertz CT molecular complexity index is 1760. The lowest BCUT2D eigenvalue weighted by Crippen LogP contribution is -2.22. The number of furan rings is 1. The Hall–Kier alpha value is -4.30. The van der Waals surface area contributed by atoms with Crippen LogP contribution in [-0.2, 0) is 12.8 Å². The van der Waals surface area contributed by atoms with E-state index in [9.17, 15) is 0 Å². The topological polar surface area (TPSA) is 16.4 Å². The lowest BCUT2D eigenvalue weighted by Gasteiger charge is -2.20. The highest BCUT2D eigenvalue weighted by Crippen LogP contribution is 2.47. The van der Waals surface area contributed by atoms with Gasteiger partial charge in [-0.05, 0) is 64.9 Å². The molecular formula is C33H23NO. The number of hydrogen-bond donors (Lipinski definition) is 0. The minimum atomic E-state index is 0.560. The molecule has 3 heterocycles. The van der Waals surface area contributed by atoms with Crippen molar-refractivity contribution in [1.29, 1.82) is 0 Å². The summed E-state index contributed by atoms with van der Waals surface area (Å²) in [5.41, 5.74) is 12.4. The number of benzene rings is 5. The molecule has 0 amide bonds. The Kier molecular flexibility index (Phi) is 3.86. The van der Waals surface area contributed by atoms with E-state index in [2.05, 4.69) is 102 Å². The second-order valence-electron chi connectivity index (χ2n) is 9.76. The fraction of sp³-hybridized carbons (Fsp3) is 0.0909. The van der Waals surface area contributed by atoms with Gasteiger partial charge < -0.3 is 9.32 Å². The summed E-state index contributed by atoms with van der Waals surface area (Å²) in [5, 5.41) is 2.34. The second kappa shape index (κ2) is 7.10. The number of anilines is 2. The highest BCUT2D eigenvalue weighted by molar-refractivity contribution is 6.09. The zero-order valence-corrected chi connectivity index (χ0v) is 19.2. The van der Waals surface area contributed by atoms with Crippen LogP contribution in [-0.4, -0.2) is 6.04 Å². The molecule has 166 valence electrons. The number of hydrogen-bond acceptors (Lipinski definition) is 2. The van der Waals surface area contributed by atoms with Crippen LogP contribution < -0.4 is 4.90 Å². The third-order valence-electron chi connectivity index (χ3n) is 7.80.